The summed E-state index contributed by atoms with van der Waals surface area (Å²) in [6.45, 7) is 9.81. The van der Waals surface area contributed by atoms with Gasteiger partial charge in [-0.05, 0) is 26.3 Å². The number of carbonyl (C=O) groups excluding carboxylic acids is 1. The van der Waals surface area contributed by atoms with Crippen LogP contribution in [0.4, 0.5) is 0 Å². The topological polar surface area (TPSA) is 56.2 Å². The summed E-state index contributed by atoms with van der Waals surface area (Å²) in [6, 6.07) is 0. The lowest BCUT2D eigenvalue weighted by molar-refractivity contribution is -0.148. The maximum atomic E-state index is 11.6. The van der Waals surface area contributed by atoms with Crippen LogP contribution in [0.5, 0.6) is 0 Å². The molecule has 0 fully saturated rings. The molecule has 0 radical (unpaired) electrons. The number of rotatable bonds is 7. The second-order valence-corrected chi connectivity index (χ2v) is 5.03. The van der Waals surface area contributed by atoms with Gasteiger partial charge in [0.1, 0.15) is 12.4 Å². The predicted molar refractivity (Wildman–Crippen MR) is 70.0 cm³/mol. The van der Waals surface area contributed by atoms with E-state index < -0.39 is 0 Å². The maximum Gasteiger partial charge on any atom is 0.326 e. The van der Waals surface area contributed by atoms with Crippen molar-refractivity contribution in [2.75, 3.05) is 6.54 Å². The van der Waals surface area contributed by atoms with Crippen molar-refractivity contribution in [1.29, 1.82) is 0 Å². The first-order valence-electron chi connectivity index (χ1n) is 6.39. The van der Waals surface area contributed by atoms with Crippen LogP contribution in [0.1, 0.15) is 33.5 Å². The number of hydrogen-bond donors (Lipinski definition) is 1. The summed E-state index contributed by atoms with van der Waals surface area (Å²) < 4.78 is 6.93. The fraction of sp³-hybridized carbons (Fsp3) is 0.692. The van der Waals surface area contributed by atoms with Gasteiger partial charge in [0, 0.05) is 12.4 Å². The van der Waals surface area contributed by atoms with Crippen LogP contribution in [-0.2, 0) is 22.6 Å². The molecule has 0 unspecified atom stereocenters. The fourth-order valence-electron chi connectivity index (χ4n) is 1.56. The van der Waals surface area contributed by atoms with E-state index in [0.29, 0.717) is 12.5 Å². The minimum atomic E-state index is -0.229. The van der Waals surface area contributed by atoms with Crippen LogP contribution in [0, 0.1) is 5.92 Å². The smallest absolute Gasteiger partial charge is 0.326 e. The van der Waals surface area contributed by atoms with Gasteiger partial charge in [0.25, 0.3) is 0 Å². The zero-order chi connectivity index (χ0) is 13.5. The Morgan fingerprint density at radius 2 is 2.17 bits per heavy atom. The van der Waals surface area contributed by atoms with Gasteiger partial charge in [-0.15, -0.1) is 0 Å². The van der Waals surface area contributed by atoms with E-state index in [4.69, 9.17) is 4.74 Å². The van der Waals surface area contributed by atoms with Crippen LogP contribution in [0.3, 0.4) is 0 Å². The molecule has 5 heteroatoms. The van der Waals surface area contributed by atoms with Gasteiger partial charge >= 0.3 is 5.97 Å². The SMILES string of the molecule is CC(C)CNCc1nccn1CC(=O)OC(C)C. The Labute approximate surface area is 109 Å². The number of esters is 1. The third-order valence-corrected chi connectivity index (χ3v) is 2.30. The lowest BCUT2D eigenvalue weighted by Gasteiger charge is -2.11. The van der Waals surface area contributed by atoms with Crippen molar-refractivity contribution < 1.29 is 9.53 Å². The molecule has 1 aromatic heterocycles. The molecule has 0 spiro atoms. The Hall–Kier alpha value is -1.36. The van der Waals surface area contributed by atoms with Crippen molar-refractivity contribution in [2.45, 2.75) is 46.9 Å². The van der Waals surface area contributed by atoms with Crippen molar-refractivity contribution in [2.24, 2.45) is 5.92 Å². The lowest BCUT2D eigenvalue weighted by atomic mass is 10.2. The molecule has 0 aliphatic rings. The zero-order valence-corrected chi connectivity index (χ0v) is 11.6. The third kappa shape index (κ3) is 5.31. The highest BCUT2D eigenvalue weighted by molar-refractivity contribution is 5.69. The summed E-state index contributed by atoms with van der Waals surface area (Å²) in [5.74, 6) is 1.23. The molecule has 0 amide bonds. The first kappa shape index (κ1) is 14.7. The molecule has 0 aromatic carbocycles. The van der Waals surface area contributed by atoms with Crippen molar-refractivity contribution in [1.82, 2.24) is 14.9 Å². The number of aromatic nitrogens is 2. The largest absolute Gasteiger partial charge is 0.462 e. The molecule has 1 aromatic rings. The minimum Gasteiger partial charge on any atom is -0.462 e. The highest BCUT2D eigenvalue weighted by Crippen LogP contribution is 2.00. The molecule has 0 aliphatic carbocycles. The number of nitrogens with zero attached hydrogens (tertiary/aromatic N) is 2. The van der Waals surface area contributed by atoms with Gasteiger partial charge < -0.3 is 14.6 Å². The number of nitrogens with one attached hydrogen (secondary N) is 1. The molecule has 0 aliphatic heterocycles. The number of hydrogen-bond acceptors (Lipinski definition) is 4. The normalized spacial score (nSPS) is 11.2. The van der Waals surface area contributed by atoms with Gasteiger partial charge in [0.05, 0.1) is 12.6 Å². The highest BCUT2D eigenvalue weighted by Gasteiger charge is 2.10. The van der Waals surface area contributed by atoms with Gasteiger partial charge in [-0.1, -0.05) is 13.8 Å². The van der Waals surface area contributed by atoms with Crippen molar-refractivity contribution in [3.63, 3.8) is 0 Å². The van der Waals surface area contributed by atoms with Gasteiger partial charge in [0.15, 0.2) is 0 Å². The predicted octanol–water partition coefficient (Wildman–Crippen LogP) is 1.58. The van der Waals surface area contributed by atoms with Crippen LogP contribution in [0.25, 0.3) is 0 Å². The van der Waals surface area contributed by atoms with Crippen LogP contribution in [0.2, 0.25) is 0 Å². The highest BCUT2D eigenvalue weighted by atomic mass is 16.5. The summed E-state index contributed by atoms with van der Waals surface area (Å²) >= 11 is 0. The van der Waals surface area contributed by atoms with Crippen LogP contribution in [0.15, 0.2) is 12.4 Å². The van der Waals surface area contributed by atoms with E-state index >= 15 is 0 Å². The second-order valence-electron chi connectivity index (χ2n) is 5.03. The molecule has 0 atom stereocenters. The lowest BCUT2D eigenvalue weighted by Crippen LogP contribution is -2.23. The fourth-order valence-corrected chi connectivity index (χ4v) is 1.56. The first-order valence-corrected chi connectivity index (χ1v) is 6.39. The molecule has 0 saturated carbocycles. The molecule has 102 valence electrons. The summed E-state index contributed by atoms with van der Waals surface area (Å²) in [7, 11) is 0. The standard InChI is InChI=1S/C13H23N3O2/c1-10(2)7-14-8-12-15-5-6-16(12)9-13(17)18-11(3)4/h5-6,10-11,14H,7-9H2,1-4H3. The van der Waals surface area contributed by atoms with E-state index in [9.17, 15) is 4.79 Å². The number of ether oxygens (including phenoxy) is 1. The molecule has 5 nitrogen and oxygen atoms in total. The minimum absolute atomic E-state index is 0.0801. The van der Waals surface area contributed by atoms with Crippen LogP contribution in [-0.4, -0.2) is 28.2 Å². The van der Waals surface area contributed by atoms with Crippen molar-refractivity contribution in [3.05, 3.63) is 18.2 Å². The summed E-state index contributed by atoms with van der Waals surface area (Å²) in [5.41, 5.74) is 0. The molecule has 0 bridgehead atoms. The molecular formula is C13H23N3O2. The molecule has 0 saturated heterocycles. The summed E-state index contributed by atoms with van der Waals surface area (Å²) in [6.07, 6.45) is 3.42. The molecular weight excluding hydrogens is 230 g/mol. The van der Waals surface area contributed by atoms with E-state index in [1.807, 2.05) is 18.4 Å². The van der Waals surface area contributed by atoms with Gasteiger partial charge in [-0.2, -0.15) is 0 Å². The zero-order valence-electron chi connectivity index (χ0n) is 11.6. The Morgan fingerprint density at radius 3 is 2.78 bits per heavy atom. The maximum absolute atomic E-state index is 11.6. The third-order valence-electron chi connectivity index (χ3n) is 2.30. The molecule has 18 heavy (non-hydrogen) atoms. The Kier molecular flexibility index (Phi) is 5.85. The summed E-state index contributed by atoms with van der Waals surface area (Å²) in [4.78, 5) is 15.8. The molecule has 1 heterocycles. The number of imidazole rings is 1. The molecule has 1 N–H and O–H groups in total. The van der Waals surface area contributed by atoms with E-state index in [2.05, 4.69) is 24.1 Å². The van der Waals surface area contributed by atoms with E-state index in [1.165, 1.54) is 0 Å². The Bertz CT molecular complexity index is 372. The second kappa shape index (κ2) is 7.16. The van der Waals surface area contributed by atoms with E-state index in [1.54, 1.807) is 12.4 Å². The van der Waals surface area contributed by atoms with Crippen molar-refractivity contribution in [3.8, 4) is 0 Å². The van der Waals surface area contributed by atoms with Crippen LogP contribution >= 0.6 is 0 Å². The average molecular weight is 253 g/mol. The van der Waals surface area contributed by atoms with Crippen molar-refractivity contribution >= 4 is 5.97 Å². The monoisotopic (exact) mass is 253 g/mol. The van der Waals surface area contributed by atoms with Gasteiger partial charge in [-0.25, -0.2) is 4.98 Å². The first-order chi connectivity index (χ1) is 8.49. The molecule has 1 rings (SSSR count). The Balaban J connectivity index is 2.46. The van der Waals surface area contributed by atoms with Gasteiger partial charge in [-0.3, -0.25) is 4.79 Å². The van der Waals surface area contributed by atoms with Gasteiger partial charge in [0.2, 0.25) is 0 Å². The quantitative estimate of drug-likeness (QED) is 0.750. The summed E-state index contributed by atoms with van der Waals surface area (Å²) in [5, 5.41) is 3.31. The average Bonchev–Trinajstić information content (AvgIpc) is 2.63. The Morgan fingerprint density at radius 1 is 1.44 bits per heavy atom. The van der Waals surface area contributed by atoms with Crippen LogP contribution < -0.4 is 5.32 Å². The van der Waals surface area contributed by atoms with E-state index in [0.717, 1.165) is 12.4 Å². The van der Waals surface area contributed by atoms with E-state index in [-0.39, 0.29) is 18.6 Å². The number of carbonyl (C=O) groups is 1.